The van der Waals surface area contributed by atoms with Crippen molar-refractivity contribution in [2.24, 2.45) is 0 Å². The summed E-state index contributed by atoms with van der Waals surface area (Å²) in [5.41, 5.74) is 3.10. The maximum atomic E-state index is 12.7. The number of aryl methyl sites for hydroxylation is 1. The Balaban J connectivity index is 1.67. The van der Waals surface area contributed by atoms with E-state index in [0.717, 1.165) is 59.5 Å². The molecule has 0 radical (unpaired) electrons. The summed E-state index contributed by atoms with van der Waals surface area (Å²) < 4.78 is 16.5. The van der Waals surface area contributed by atoms with Gasteiger partial charge in [-0.1, -0.05) is 50.5 Å². The fourth-order valence-electron chi connectivity index (χ4n) is 4.64. The molecule has 3 rings (SSSR count). The molecular formula is C32H41NO5S. The zero-order chi connectivity index (χ0) is 28.2. The van der Waals surface area contributed by atoms with Crippen molar-refractivity contribution in [3.63, 3.8) is 0 Å². The predicted octanol–water partition coefficient (Wildman–Crippen LogP) is 7.76. The number of carbonyl (C=O) groups is 2. The Morgan fingerprint density at radius 2 is 1.64 bits per heavy atom. The Hall–Kier alpha value is -3.16. The van der Waals surface area contributed by atoms with E-state index in [1.54, 1.807) is 20.1 Å². The van der Waals surface area contributed by atoms with E-state index < -0.39 is 0 Å². The van der Waals surface area contributed by atoms with Gasteiger partial charge in [-0.3, -0.25) is 4.79 Å². The number of benzene rings is 2. The summed E-state index contributed by atoms with van der Waals surface area (Å²) in [4.78, 5) is 28.0. The minimum absolute atomic E-state index is 0.00343. The normalized spacial score (nSPS) is 12.5. The summed E-state index contributed by atoms with van der Waals surface area (Å²) >= 11 is 1.44. The molecule has 1 heterocycles. The summed E-state index contributed by atoms with van der Waals surface area (Å²) in [5.74, 6) is 0.525. The van der Waals surface area contributed by atoms with Gasteiger partial charge in [0.25, 0.3) is 0 Å². The highest BCUT2D eigenvalue weighted by Crippen LogP contribution is 2.29. The summed E-state index contributed by atoms with van der Waals surface area (Å²) in [5, 5.41) is 0. The second-order valence-electron chi connectivity index (χ2n) is 9.77. The fraction of sp³-hybridized carbons (Fsp3) is 0.438. The Morgan fingerprint density at radius 3 is 2.26 bits per heavy atom. The number of hydrogen-bond donors (Lipinski definition) is 0. The number of methoxy groups -OCH3 is 2. The first-order valence-corrected chi connectivity index (χ1v) is 14.5. The number of hydrogen-bond acceptors (Lipinski definition) is 6. The van der Waals surface area contributed by atoms with Crippen LogP contribution in [-0.2, 0) is 27.3 Å². The van der Waals surface area contributed by atoms with Crippen LogP contribution in [0.4, 0.5) is 5.69 Å². The highest BCUT2D eigenvalue weighted by atomic mass is 32.1. The van der Waals surface area contributed by atoms with Crippen molar-refractivity contribution < 1.29 is 23.8 Å². The van der Waals surface area contributed by atoms with Crippen molar-refractivity contribution in [2.45, 2.75) is 78.0 Å². The molecule has 0 aliphatic carbocycles. The largest absolute Gasteiger partial charge is 0.497 e. The molecule has 210 valence electrons. The van der Waals surface area contributed by atoms with Gasteiger partial charge in [-0.05, 0) is 73.7 Å². The topological polar surface area (TPSA) is 65.1 Å². The van der Waals surface area contributed by atoms with E-state index in [9.17, 15) is 9.59 Å². The zero-order valence-corrected chi connectivity index (χ0v) is 24.6. The van der Waals surface area contributed by atoms with Crippen LogP contribution in [0.1, 0.15) is 84.7 Å². The van der Waals surface area contributed by atoms with Crippen molar-refractivity contribution in [3.05, 3.63) is 81.5 Å². The third-order valence-electron chi connectivity index (χ3n) is 6.86. The molecule has 0 aliphatic rings. The molecule has 2 aromatic carbocycles. The van der Waals surface area contributed by atoms with Gasteiger partial charge in [-0.2, -0.15) is 0 Å². The van der Waals surface area contributed by atoms with Gasteiger partial charge in [0.05, 0.1) is 26.9 Å². The average Bonchev–Trinajstić information content (AvgIpc) is 3.43. The van der Waals surface area contributed by atoms with Crippen molar-refractivity contribution in [1.82, 2.24) is 0 Å². The third kappa shape index (κ3) is 8.94. The van der Waals surface area contributed by atoms with E-state index in [1.165, 1.54) is 24.9 Å². The van der Waals surface area contributed by atoms with Crippen LogP contribution in [-0.4, -0.2) is 32.1 Å². The minimum Gasteiger partial charge on any atom is -0.497 e. The van der Waals surface area contributed by atoms with Gasteiger partial charge in [-0.25, -0.2) is 4.79 Å². The van der Waals surface area contributed by atoms with Gasteiger partial charge in [0.15, 0.2) is 0 Å². The maximum Gasteiger partial charge on any atom is 0.348 e. The van der Waals surface area contributed by atoms with Gasteiger partial charge >= 0.3 is 5.97 Å². The van der Waals surface area contributed by atoms with Gasteiger partial charge in [-0.15, -0.1) is 11.3 Å². The van der Waals surface area contributed by atoms with E-state index >= 15 is 0 Å². The van der Waals surface area contributed by atoms with Crippen molar-refractivity contribution in [1.29, 1.82) is 0 Å². The summed E-state index contributed by atoms with van der Waals surface area (Å²) in [7, 11) is 3.05. The van der Waals surface area contributed by atoms with Gasteiger partial charge in [0, 0.05) is 23.5 Å². The van der Waals surface area contributed by atoms with E-state index in [4.69, 9.17) is 14.2 Å². The molecule has 6 nitrogen and oxygen atoms in total. The Labute approximate surface area is 236 Å². The van der Waals surface area contributed by atoms with Crippen molar-refractivity contribution >= 4 is 28.9 Å². The quantitative estimate of drug-likeness (QED) is 0.143. The molecule has 3 aromatic rings. The molecule has 39 heavy (non-hydrogen) atoms. The first-order chi connectivity index (χ1) is 18.9. The number of carbonyl (C=O) groups excluding carboxylic acids is 2. The molecule has 0 bridgehead atoms. The van der Waals surface area contributed by atoms with Crippen LogP contribution in [0.25, 0.3) is 0 Å². The molecule has 2 atom stereocenters. The lowest BCUT2D eigenvalue weighted by Gasteiger charge is -2.29. The number of rotatable bonds is 15. The molecule has 2 unspecified atom stereocenters. The van der Waals surface area contributed by atoms with Crippen LogP contribution in [0.15, 0.2) is 60.7 Å². The number of esters is 1. The fourth-order valence-corrected chi connectivity index (χ4v) is 5.58. The molecule has 1 aromatic heterocycles. The standard InChI is InChI=1S/C32H41NO5S/c1-6-7-8-9-30(38-22-25-11-17-28(36-4)18-12-25)26-13-15-27(16-14-26)33(24(3)34)23(2)10-19-29-20-21-31(39-29)32(35)37-5/h11-18,20-21,23,30H,6-10,19,22H2,1-5H3. The molecule has 0 aliphatic heterocycles. The number of nitrogens with zero attached hydrogens (tertiary/aromatic N) is 1. The van der Waals surface area contributed by atoms with Crippen LogP contribution in [0.2, 0.25) is 0 Å². The molecule has 0 saturated carbocycles. The number of amides is 1. The van der Waals surface area contributed by atoms with Gasteiger partial charge in [0.2, 0.25) is 5.91 Å². The monoisotopic (exact) mass is 551 g/mol. The first kappa shape index (κ1) is 30.4. The van der Waals surface area contributed by atoms with Crippen LogP contribution in [0.5, 0.6) is 5.75 Å². The molecule has 0 spiro atoms. The SMILES string of the molecule is CCCCCC(OCc1ccc(OC)cc1)c1ccc(N(C(C)=O)C(C)CCc2ccc(C(=O)OC)s2)cc1. The van der Waals surface area contributed by atoms with Gasteiger partial charge in [0.1, 0.15) is 10.6 Å². The highest BCUT2D eigenvalue weighted by molar-refractivity contribution is 7.13. The highest BCUT2D eigenvalue weighted by Gasteiger charge is 2.21. The summed E-state index contributed by atoms with van der Waals surface area (Å²) in [6, 6.07) is 20.0. The smallest absolute Gasteiger partial charge is 0.348 e. The molecule has 0 saturated heterocycles. The van der Waals surface area contributed by atoms with E-state index in [1.807, 2.05) is 47.4 Å². The van der Waals surface area contributed by atoms with Gasteiger partial charge < -0.3 is 19.1 Å². The molecule has 0 N–H and O–H groups in total. The Morgan fingerprint density at radius 1 is 0.923 bits per heavy atom. The second-order valence-corrected chi connectivity index (χ2v) is 10.9. The Kier molecular flexibility index (Phi) is 12.0. The van der Waals surface area contributed by atoms with Crippen LogP contribution in [0.3, 0.4) is 0 Å². The summed E-state index contributed by atoms with van der Waals surface area (Å²) in [6.07, 6.45) is 5.93. The lowest BCUT2D eigenvalue weighted by molar-refractivity contribution is -0.117. The van der Waals surface area contributed by atoms with Crippen LogP contribution < -0.4 is 9.64 Å². The number of unbranched alkanes of at least 4 members (excludes halogenated alkanes) is 2. The minimum atomic E-state index is -0.314. The number of anilines is 1. The zero-order valence-electron chi connectivity index (χ0n) is 23.8. The predicted molar refractivity (Wildman–Crippen MR) is 158 cm³/mol. The maximum absolute atomic E-state index is 12.7. The van der Waals surface area contributed by atoms with E-state index in [-0.39, 0.29) is 24.0 Å². The molecule has 7 heteroatoms. The second kappa shape index (κ2) is 15.4. The molecule has 0 fully saturated rings. The van der Waals surface area contributed by atoms with Crippen LogP contribution in [0, 0.1) is 0 Å². The van der Waals surface area contributed by atoms with Crippen molar-refractivity contribution in [3.8, 4) is 5.75 Å². The molecular weight excluding hydrogens is 510 g/mol. The number of thiophene rings is 1. The lowest BCUT2D eigenvalue weighted by Crippen LogP contribution is -2.37. The summed E-state index contributed by atoms with van der Waals surface area (Å²) in [6.45, 7) is 6.40. The first-order valence-electron chi connectivity index (χ1n) is 13.7. The van der Waals surface area contributed by atoms with E-state index in [0.29, 0.717) is 11.5 Å². The van der Waals surface area contributed by atoms with Crippen LogP contribution >= 0.6 is 11.3 Å². The third-order valence-corrected chi connectivity index (χ3v) is 7.98. The van der Waals surface area contributed by atoms with E-state index in [2.05, 4.69) is 26.0 Å². The van der Waals surface area contributed by atoms with Crippen molar-refractivity contribution in [2.75, 3.05) is 19.1 Å². The molecule has 1 amide bonds. The number of ether oxygens (including phenoxy) is 3. The lowest BCUT2D eigenvalue weighted by atomic mass is 10.0. The Bertz CT molecular complexity index is 1170. The average molecular weight is 552 g/mol.